The summed E-state index contributed by atoms with van der Waals surface area (Å²) in [5.74, 6) is 0.873. The lowest BCUT2D eigenvalue weighted by Gasteiger charge is -2.26. The van der Waals surface area contributed by atoms with Gasteiger partial charge in [-0.05, 0) is 36.7 Å². The monoisotopic (exact) mass is 455 g/mol. The van der Waals surface area contributed by atoms with Gasteiger partial charge in [-0.1, -0.05) is 20.3 Å². The number of fused-ring (bicyclic) bond motifs is 3. The van der Waals surface area contributed by atoms with E-state index in [2.05, 4.69) is 40.1 Å². The number of nitrogens with zero attached hydrogens (tertiary/aromatic N) is 5. The number of aliphatic hydroxyl groups is 1. The molecule has 1 aromatic heterocycles. The van der Waals surface area contributed by atoms with Crippen LogP contribution in [0.2, 0.25) is 0 Å². The number of alkyl halides is 3. The van der Waals surface area contributed by atoms with Crippen molar-refractivity contribution in [2.45, 2.75) is 51.0 Å². The Balaban J connectivity index is 0.00000107. The summed E-state index contributed by atoms with van der Waals surface area (Å²) in [4.78, 5) is 14.7. The van der Waals surface area contributed by atoms with Crippen LogP contribution in [0.5, 0.6) is 0 Å². The zero-order valence-electron chi connectivity index (χ0n) is 18.0. The lowest BCUT2D eigenvalue weighted by Crippen LogP contribution is -2.33. The third kappa shape index (κ3) is 6.41. The minimum atomic E-state index is -4.53. The molecule has 0 amide bonds. The van der Waals surface area contributed by atoms with Crippen LogP contribution in [0.4, 0.5) is 13.2 Å². The third-order valence-corrected chi connectivity index (χ3v) is 5.30. The van der Waals surface area contributed by atoms with Crippen molar-refractivity contribution in [2.75, 3.05) is 19.5 Å². The number of aliphatic imine (C=N–C) groups is 2. The molecule has 0 radical (unpaired) electrons. The van der Waals surface area contributed by atoms with Crippen molar-refractivity contribution in [2.24, 2.45) is 9.98 Å². The molecule has 170 valence electrons. The van der Waals surface area contributed by atoms with Crippen LogP contribution >= 0.6 is 11.8 Å². The molecule has 3 rings (SSSR count). The predicted molar refractivity (Wildman–Crippen MR) is 121 cm³/mol. The number of rotatable bonds is 6. The average Bonchev–Trinajstić information content (AvgIpc) is 3.08. The number of hydrogen-bond acceptors (Lipinski definition) is 6. The molecule has 0 unspecified atom stereocenters. The second kappa shape index (κ2) is 11.4. The summed E-state index contributed by atoms with van der Waals surface area (Å²) >= 11 is 1.58. The smallest absolute Gasteiger partial charge is 0.392 e. The van der Waals surface area contributed by atoms with Crippen molar-refractivity contribution in [3.63, 3.8) is 0 Å². The molecule has 0 fully saturated rings. The van der Waals surface area contributed by atoms with Crippen LogP contribution in [-0.2, 0) is 19.7 Å². The first kappa shape index (κ1) is 25.1. The SMILES string of the molecule is C=N/C(=C\C=N/CN1CCn2c(nc3cc(CO)c(SC)cc32)C1)C(F)(F)F.CCC. The maximum absolute atomic E-state index is 12.6. The molecule has 2 aromatic rings. The Hall–Kier alpha value is -2.17. The molecule has 1 aliphatic rings. The lowest BCUT2D eigenvalue weighted by atomic mass is 10.2. The zero-order valence-corrected chi connectivity index (χ0v) is 18.8. The van der Waals surface area contributed by atoms with Gasteiger partial charge in [0, 0.05) is 24.2 Å². The van der Waals surface area contributed by atoms with Crippen LogP contribution < -0.4 is 0 Å². The number of thioether (sulfide) groups is 1. The maximum atomic E-state index is 12.6. The summed E-state index contributed by atoms with van der Waals surface area (Å²) in [5, 5.41) is 9.52. The number of halogens is 3. The van der Waals surface area contributed by atoms with Crippen molar-refractivity contribution < 1.29 is 18.3 Å². The molecule has 0 spiro atoms. The highest BCUT2D eigenvalue weighted by molar-refractivity contribution is 7.98. The van der Waals surface area contributed by atoms with Crippen LogP contribution in [0.15, 0.2) is 38.8 Å². The Morgan fingerprint density at radius 3 is 2.61 bits per heavy atom. The first-order valence-electron chi connectivity index (χ1n) is 9.92. The van der Waals surface area contributed by atoms with Crippen molar-refractivity contribution in [1.29, 1.82) is 0 Å². The van der Waals surface area contributed by atoms with Gasteiger partial charge in [-0.25, -0.2) is 4.98 Å². The number of aromatic nitrogens is 2. The Labute approximate surface area is 184 Å². The molecule has 0 saturated heterocycles. The molecule has 6 nitrogen and oxygen atoms in total. The van der Waals surface area contributed by atoms with E-state index in [0.29, 0.717) is 19.6 Å². The minimum Gasteiger partial charge on any atom is -0.392 e. The quantitative estimate of drug-likeness (QED) is 0.508. The molecule has 1 N–H and O–H groups in total. The van der Waals surface area contributed by atoms with Gasteiger partial charge in [0.1, 0.15) is 11.5 Å². The van der Waals surface area contributed by atoms with Crippen LogP contribution in [0.1, 0.15) is 31.7 Å². The Bertz CT molecular complexity index is 953. The van der Waals surface area contributed by atoms with E-state index in [9.17, 15) is 18.3 Å². The maximum Gasteiger partial charge on any atom is 0.433 e. The summed E-state index contributed by atoms with van der Waals surface area (Å²) in [6, 6.07) is 3.95. The number of imidazole rings is 1. The van der Waals surface area contributed by atoms with E-state index >= 15 is 0 Å². The molecule has 0 aliphatic carbocycles. The molecular weight excluding hydrogens is 427 g/mol. The number of benzene rings is 1. The van der Waals surface area contributed by atoms with Crippen LogP contribution in [-0.4, -0.2) is 58.1 Å². The zero-order chi connectivity index (χ0) is 23.0. The second-order valence-corrected chi connectivity index (χ2v) is 7.78. The van der Waals surface area contributed by atoms with Crippen LogP contribution in [0.3, 0.4) is 0 Å². The van der Waals surface area contributed by atoms with Gasteiger partial charge in [0.05, 0.1) is 30.9 Å². The topological polar surface area (TPSA) is 66.0 Å². The van der Waals surface area contributed by atoms with Crippen molar-refractivity contribution in [3.8, 4) is 0 Å². The molecule has 0 bridgehead atoms. The standard InChI is InChI=1S/C18H20F3N5OS.C3H8/c1-22-16(18(19,20)21)3-4-23-11-25-5-6-26-14-8-15(28-2)12(10-27)7-13(14)24-17(26)9-25;1-3-2/h3-4,7-8,27H,1,5-6,9-11H2,2H3;3H2,1-2H3/b16-3-,23-4-;. The van der Waals surface area contributed by atoms with E-state index in [0.717, 1.165) is 39.6 Å². The Morgan fingerprint density at radius 2 is 2.03 bits per heavy atom. The molecule has 1 aliphatic heterocycles. The lowest BCUT2D eigenvalue weighted by molar-refractivity contribution is -0.0920. The van der Waals surface area contributed by atoms with E-state index in [-0.39, 0.29) is 13.3 Å². The molecular formula is C21H28F3N5OS. The van der Waals surface area contributed by atoms with E-state index in [1.165, 1.54) is 6.42 Å². The van der Waals surface area contributed by atoms with Crippen molar-refractivity contribution >= 4 is 35.7 Å². The van der Waals surface area contributed by atoms with Gasteiger partial charge in [-0.3, -0.25) is 14.9 Å². The van der Waals surface area contributed by atoms with Gasteiger partial charge in [0.15, 0.2) is 0 Å². The largest absolute Gasteiger partial charge is 0.433 e. The summed E-state index contributed by atoms with van der Waals surface area (Å²) in [6.45, 7) is 9.37. The molecule has 2 heterocycles. The summed E-state index contributed by atoms with van der Waals surface area (Å²) < 4.78 is 39.9. The van der Waals surface area contributed by atoms with Gasteiger partial charge >= 0.3 is 6.18 Å². The first-order chi connectivity index (χ1) is 14.8. The number of hydrogen-bond donors (Lipinski definition) is 1. The summed E-state index contributed by atoms with van der Waals surface area (Å²) in [5.41, 5.74) is 1.63. The van der Waals surface area contributed by atoms with Gasteiger partial charge in [0.25, 0.3) is 0 Å². The Kier molecular flexibility index (Phi) is 9.27. The fourth-order valence-corrected chi connectivity index (χ4v) is 3.71. The van der Waals surface area contributed by atoms with E-state index in [1.54, 1.807) is 11.8 Å². The highest BCUT2D eigenvalue weighted by atomic mass is 32.2. The molecule has 0 atom stereocenters. The molecule has 10 heteroatoms. The predicted octanol–water partition coefficient (Wildman–Crippen LogP) is 4.66. The van der Waals surface area contributed by atoms with Gasteiger partial charge in [0.2, 0.25) is 0 Å². The van der Waals surface area contributed by atoms with Gasteiger partial charge in [-0.15, -0.1) is 11.8 Å². The van der Waals surface area contributed by atoms with E-state index < -0.39 is 11.9 Å². The van der Waals surface area contributed by atoms with Crippen molar-refractivity contribution in [1.82, 2.24) is 14.5 Å². The van der Waals surface area contributed by atoms with Crippen LogP contribution in [0.25, 0.3) is 11.0 Å². The average molecular weight is 456 g/mol. The fraction of sp³-hybridized carbons (Fsp3) is 0.476. The van der Waals surface area contributed by atoms with Gasteiger partial charge < -0.3 is 9.67 Å². The normalized spacial score (nSPS) is 15.1. The number of allylic oxidation sites excluding steroid dienone is 2. The first-order valence-corrected chi connectivity index (χ1v) is 11.1. The molecule has 31 heavy (non-hydrogen) atoms. The highest BCUT2D eigenvalue weighted by Crippen LogP contribution is 2.29. The second-order valence-electron chi connectivity index (χ2n) is 6.93. The van der Waals surface area contributed by atoms with Gasteiger partial charge in [-0.2, -0.15) is 13.2 Å². The minimum absolute atomic E-state index is 0.0395. The summed E-state index contributed by atoms with van der Waals surface area (Å²) in [7, 11) is 0. The molecule has 0 saturated carbocycles. The van der Waals surface area contributed by atoms with E-state index in [4.69, 9.17) is 0 Å². The third-order valence-electron chi connectivity index (χ3n) is 4.48. The number of aliphatic hydroxyl groups excluding tert-OH is 1. The Morgan fingerprint density at radius 1 is 1.32 bits per heavy atom. The van der Waals surface area contributed by atoms with Crippen LogP contribution in [0, 0.1) is 0 Å². The summed E-state index contributed by atoms with van der Waals surface area (Å²) in [6.07, 6.45) is 0.598. The van der Waals surface area contributed by atoms with E-state index in [1.807, 2.05) is 23.3 Å². The molecule has 1 aromatic carbocycles. The fourth-order valence-electron chi connectivity index (χ4n) is 3.09. The highest BCUT2D eigenvalue weighted by Gasteiger charge is 2.32. The van der Waals surface area contributed by atoms with Crippen molar-refractivity contribution in [3.05, 3.63) is 35.3 Å².